The summed E-state index contributed by atoms with van der Waals surface area (Å²) in [6.07, 6.45) is 0.534. The molecule has 0 heterocycles. The third-order valence-corrected chi connectivity index (χ3v) is 6.12. The summed E-state index contributed by atoms with van der Waals surface area (Å²) < 4.78 is 12.4. The van der Waals surface area contributed by atoms with Crippen LogP contribution in [-0.2, 0) is 14.2 Å². The highest BCUT2D eigenvalue weighted by Crippen LogP contribution is 2.45. The van der Waals surface area contributed by atoms with Gasteiger partial charge in [0.1, 0.15) is 0 Å². The summed E-state index contributed by atoms with van der Waals surface area (Å²) in [7, 11) is -3.62. The summed E-state index contributed by atoms with van der Waals surface area (Å²) in [4.78, 5) is 31.9. The minimum Gasteiger partial charge on any atom is -0.481 e. The van der Waals surface area contributed by atoms with Gasteiger partial charge in [-0.25, -0.2) is 0 Å². The van der Waals surface area contributed by atoms with E-state index in [0.29, 0.717) is 6.42 Å². The van der Waals surface area contributed by atoms with Gasteiger partial charge in [-0.3, -0.25) is 14.2 Å². The lowest BCUT2D eigenvalue weighted by molar-refractivity contribution is -0.142. The van der Waals surface area contributed by atoms with Gasteiger partial charge in [-0.15, -0.1) is 0 Å². The fourth-order valence-electron chi connectivity index (χ4n) is 2.72. The zero-order valence-corrected chi connectivity index (χ0v) is 14.7. The molecule has 0 aliphatic carbocycles. The molecule has 3 unspecified atom stereocenters. The van der Waals surface area contributed by atoms with Crippen LogP contribution in [0.1, 0.15) is 44.1 Å². The molecule has 0 saturated heterocycles. The number of benzene rings is 1. The summed E-state index contributed by atoms with van der Waals surface area (Å²) >= 11 is 0. The van der Waals surface area contributed by atoms with Crippen LogP contribution >= 0.6 is 7.37 Å². The van der Waals surface area contributed by atoms with Crippen molar-refractivity contribution in [3.63, 3.8) is 0 Å². The van der Waals surface area contributed by atoms with Crippen molar-refractivity contribution in [1.29, 1.82) is 0 Å². The van der Waals surface area contributed by atoms with Crippen LogP contribution in [0.2, 0.25) is 0 Å². The van der Waals surface area contributed by atoms with Crippen molar-refractivity contribution in [3.8, 4) is 0 Å². The molecule has 1 aromatic rings. The van der Waals surface area contributed by atoms with E-state index in [9.17, 15) is 19.0 Å². The highest BCUT2D eigenvalue weighted by Gasteiger charge is 2.29. The Morgan fingerprint density at radius 2 is 1.75 bits per heavy atom. The van der Waals surface area contributed by atoms with Crippen LogP contribution in [0.15, 0.2) is 30.3 Å². The van der Waals surface area contributed by atoms with Gasteiger partial charge in [0.15, 0.2) is 0 Å². The largest absolute Gasteiger partial charge is 0.481 e. The fraction of sp³-hybridized carbons (Fsp3) is 0.529. The third-order valence-electron chi connectivity index (χ3n) is 4.15. The van der Waals surface area contributed by atoms with Crippen molar-refractivity contribution in [2.75, 3.05) is 12.3 Å². The number of rotatable bonds is 11. The topological polar surface area (TPSA) is 112 Å². The Morgan fingerprint density at radius 3 is 2.25 bits per heavy atom. The van der Waals surface area contributed by atoms with Crippen LogP contribution < -0.4 is 0 Å². The average Bonchev–Trinajstić information content (AvgIpc) is 2.52. The average molecular weight is 356 g/mol. The van der Waals surface area contributed by atoms with Crippen LogP contribution in [0.3, 0.4) is 0 Å². The van der Waals surface area contributed by atoms with Gasteiger partial charge in [-0.1, -0.05) is 37.3 Å². The lowest BCUT2D eigenvalue weighted by atomic mass is 9.94. The Labute approximate surface area is 142 Å². The SMILES string of the molecule is CCC(CCP(=O)(O)CC(CCC(=O)O)C(=O)O)c1ccccc1. The molecule has 0 spiro atoms. The number of carboxylic acids is 2. The second-order valence-electron chi connectivity index (χ2n) is 6.02. The van der Waals surface area contributed by atoms with Gasteiger partial charge in [0.05, 0.1) is 5.92 Å². The molecule has 24 heavy (non-hydrogen) atoms. The molecule has 1 rings (SSSR count). The maximum atomic E-state index is 12.4. The van der Waals surface area contributed by atoms with Gasteiger partial charge >= 0.3 is 11.9 Å². The van der Waals surface area contributed by atoms with E-state index in [0.717, 1.165) is 12.0 Å². The molecule has 0 aromatic heterocycles. The van der Waals surface area contributed by atoms with Crippen molar-refractivity contribution in [2.45, 2.75) is 38.5 Å². The van der Waals surface area contributed by atoms with E-state index < -0.39 is 25.2 Å². The lowest BCUT2D eigenvalue weighted by Gasteiger charge is -2.20. The Bertz CT molecular complexity index is 586. The van der Waals surface area contributed by atoms with Crippen molar-refractivity contribution in [1.82, 2.24) is 0 Å². The fourth-order valence-corrected chi connectivity index (χ4v) is 4.64. The summed E-state index contributed by atoms with van der Waals surface area (Å²) in [5.41, 5.74) is 1.10. The van der Waals surface area contributed by atoms with E-state index in [2.05, 4.69) is 0 Å². The molecule has 0 aliphatic rings. The van der Waals surface area contributed by atoms with Crippen molar-refractivity contribution in [2.24, 2.45) is 5.92 Å². The molecule has 0 amide bonds. The van der Waals surface area contributed by atoms with E-state index in [1.54, 1.807) is 0 Å². The monoisotopic (exact) mass is 356 g/mol. The van der Waals surface area contributed by atoms with Gasteiger partial charge in [0, 0.05) is 18.7 Å². The maximum Gasteiger partial charge on any atom is 0.307 e. The molecular weight excluding hydrogens is 331 g/mol. The van der Waals surface area contributed by atoms with E-state index in [-0.39, 0.29) is 31.1 Å². The second kappa shape index (κ2) is 9.60. The second-order valence-corrected chi connectivity index (χ2v) is 8.53. The van der Waals surface area contributed by atoms with Crippen LogP contribution in [0.5, 0.6) is 0 Å². The van der Waals surface area contributed by atoms with Gasteiger partial charge in [-0.05, 0) is 30.7 Å². The molecule has 3 N–H and O–H groups in total. The first kappa shape index (κ1) is 20.4. The number of carbonyl (C=O) groups is 2. The van der Waals surface area contributed by atoms with E-state index in [4.69, 9.17) is 10.2 Å². The predicted molar refractivity (Wildman–Crippen MR) is 91.6 cm³/mol. The molecule has 1 aromatic carbocycles. The zero-order valence-electron chi connectivity index (χ0n) is 13.8. The molecule has 134 valence electrons. The molecule has 0 bridgehead atoms. The molecule has 0 aliphatic heterocycles. The minimum atomic E-state index is -3.62. The van der Waals surface area contributed by atoms with Crippen LogP contribution in [0.25, 0.3) is 0 Å². The smallest absolute Gasteiger partial charge is 0.307 e. The molecule has 7 heteroatoms. The van der Waals surface area contributed by atoms with Gasteiger partial charge in [-0.2, -0.15) is 0 Å². The number of hydrogen-bond acceptors (Lipinski definition) is 3. The predicted octanol–water partition coefficient (Wildman–Crippen LogP) is 3.41. The Kier molecular flexibility index (Phi) is 8.16. The van der Waals surface area contributed by atoms with Crippen LogP contribution in [0, 0.1) is 5.92 Å². The number of carboxylic acid groups (broad SMARTS) is 2. The van der Waals surface area contributed by atoms with E-state index >= 15 is 0 Å². The standard InChI is InChI=1S/C17H25O6P/c1-2-13(14-6-4-3-5-7-14)10-11-24(22,23)12-15(17(20)21)8-9-16(18)19/h3-7,13,15H,2,8-12H2,1H3,(H,18,19)(H,20,21)(H,22,23). The van der Waals surface area contributed by atoms with Crippen molar-refractivity contribution < 1.29 is 29.3 Å². The van der Waals surface area contributed by atoms with Gasteiger partial charge in [0.25, 0.3) is 0 Å². The van der Waals surface area contributed by atoms with Gasteiger partial charge < -0.3 is 15.1 Å². The highest BCUT2D eigenvalue weighted by atomic mass is 31.2. The van der Waals surface area contributed by atoms with Crippen LogP contribution in [0.4, 0.5) is 0 Å². The molecular formula is C17H25O6P. The Hall–Kier alpha value is -1.65. The zero-order chi connectivity index (χ0) is 18.2. The normalized spacial score (nSPS) is 16.1. The summed E-state index contributed by atoms with van der Waals surface area (Å²) in [6, 6.07) is 9.70. The van der Waals surface area contributed by atoms with E-state index in [1.165, 1.54) is 0 Å². The lowest BCUT2D eigenvalue weighted by Crippen LogP contribution is -2.20. The van der Waals surface area contributed by atoms with Gasteiger partial charge in [0.2, 0.25) is 7.37 Å². The molecule has 0 radical (unpaired) electrons. The number of aliphatic carboxylic acids is 2. The first-order chi connectivity index (χ1) is 11.2. The van der Waals surface area contributed by atoms with Crippen molar-refractivity contribution in [3.05, 3.63) is 35.9 Å². The quantitative estimate of drug-likeness (QED) is 0.524. The Morgan fingerprint density at radius 1 is 1.12 bits per heavy atom. The third kappa shape index (κ3) is 7.28. The molecule has 0 fully saturated rings. The Balaban J connectivity index is 2.64. The van der Waals surface area contributed by atoms with Crippen molar-refractivity contribution >= 4 is 19.3 Å². The summed E-state index contributed by atoms with van der Waals surface area (Å²) in [6.45, 7) is 2.01. The molecule has 0 saturated carbocycles. The maximum absolute atomic E-state index is 12.4. The van der Waals surface area contributed by atoms with Crippen LogP contribution in [-0.4, -0.2) is 39.4 Å². The minimum absolute atomic E-state index is 0.0389. The van der Waals surface area contributed by atoms with E-state index in [1.807, 2.05) is 37.3 Å². The highest BCUT2D eigenvalue weighted by molar-refractivity contribution is 7.58. The number of hydrogen-bond donors (Lipinski definition) is 3. The summed E-state index contributed by atoms with van der Waals surface area (Å²) in [5, 5.41) is 17.8. The molecule has 6 nitrogen and oxygen atoms in total. The first-order valence-electron chi connectivity index (χ1n) is 8.05. The summed E-state index contributed by atoms with van der Waals surface area (Å²) in [5.74, 6) is -3.28. The first-order valence-corrected chi connectivity index (χ1v) is 10.1. The molecule has 3 atom stereocenters.